The molecular weight excluding hydrogens is 272 g/mol. The SMILES string of the molecule is COCCC(N)C(=O)NC(c1cccs1)C1CCCC1. The molecule has 2 rings (SSSR count). The number of carbonyl (C=O) groups is 1. The van der Waals surface area contributed by atoms with Gasteiger partial charge in [-0.05, 0) is 36.6 Å². The minimum absolute atomic E-state index is 0.0626. The summed E-state index contributed by atoms with van der Waals surface area (Å²) in [5.41, 5.74) is 5.92. The van der Waals surface area contributed by atoms with Gasteiger partial charge in [0.1, 0.15) is 0 Å². The van der Waals surface area contributed by atoms with Gasteiger partial charge in [0.2, 0.25) is 5.91 Å². The van der Waals surface area contributed by atoms with Crippen LogP contribution in [0.15, 0.2) is 17.5 Å². The van der Waals surface area contributed by atoms with E-state index in [-0.39, 0.29) is 11.9 Å². The molecule has 2 unspecified atom stereocenters. The Morgan fingerprint density at radius 3 is 2.90 bits per heavy atom. The van der Waals surface area contributed by atoms with Crippen molar-refractivity contribution >= 4 is 17.2 Å². The van der Waals surface area contributed by atoms with Gasteiger partial charge in [0.15, 0.2) is 0 Å². The van der Waals surface area contributed by atoms with Crippen LogP contribution in [0.25, 0.3) is 0 Å². The van der Waals surface area contributed by atoms with Gasteiger partial charge >= 0.3 is 0 Å². The van der Waals surface area contributed by atoms with Crippen molar-refractivity contribution in [2.24, 2.45) is 11.7 Å². The highest BCUT2D eigenvalue weighted by molar-refractivity contribution is 7.10. The number of carbonyl (C=O) groups excluding carboxylic acids is 1. The van der Waals surface area contributed by atoms with Gasteiger partial charge in [0, 0.05) is 18.6 Å². The predicted octanol–water partition coefficient (Wildman–Crippen LogP) is 2.46. The molecule has 1 saturated carbocycles. The first-order chi connectivity index (χ1) is 9.72. The lowest BCUT2D eigenvalue weighted by Crippen LogP contribution is -2.44. The Morgan fingerprint density at radius 1 is 1.55 bits per heavy atom. The Labute approximate surface area is 124 Å². The van der Waals surface area contributed by atoms with Crippen LogP contribution in [0, 0.1) is 5.92 Å². The highest BCUT2D eigenvalue weighted by Crippen LogP contribution is 2.37. The van der Waals surface area contributed by atoms with Crippen molar-refractivity contribution in [2.45, 2.75) is 44.2 Å². The third-order valence-corrected chi connectivity index (χ3v) is 4.94. The number of nitrogens with one attached hydrogen (secondary N) is 1. The Morgan fingerprint density at radius 2 is 2.30 bits per heavy atom. The predicted molar refractivity (Wildman–Crippen MR) is 81.6 cm³/mol. The molecule has 1 aliphatic rings. The summed E-state index contributed by atoms with van der Waals surface area (Å²) in [5.74, 6) is 0.486. The van der Waals surface area contributed by atoms with Gasteiger partial charge in [-0.25, -0.2) is 0 Å². The molecule has 1 aliphatic carbocycles. The normalized spacial score (nSPS) is 18.9. The summed E-state index contributed by atoms with van der Waals surface area (Å²) >= 11 is 1.71. The maximum absolute atomic E-state index is 12.2. The lowest BCUT2D eigenvalue weighted by molar-refractivity contribution is -0.123. The summed E-state index contributed by atoms with van der Waals surface area (Å²) in [6.07, 6.45) is 5.47. The topological polar surface area (TPSA) is 64.3 Å². The summed E-state index contributed by atoms with van der Waals surface area (Å²) in [6, 6.07) is 3.78. The molecule has 112 valence electrons. The Kier molecular flexibility index (Phi) is 6.01. The van der Waals surface area contributed by atoms with Gasteiger partial charge in [0.25, 0.3) is 0 Å². The summed E-state index contributed by atoms with van der Waals surface area (Å²) in [7, 11) is 1.62. The summed E-state index contributed by atoms with van der Waals surface area (Å²) in [4.78, 5) is 13.5. The van der Waals surface area contributed by atoms with Gasteiger partial charge < -0.3 is 15.8 Å². The van der Waals surface area contributed by atoms with Gasteiger partial charge in [-0.3, -0.25) is 4.79 Å². The Balaban J connectivity index is 1.98. The van der Waals surface area contributed by atoms with Crippen LogP contribution in [0.4, 0.5) is 0 Å². The van der Waals surface area contributed by atoms with Crippen molar-refractivity contribution in [3.05, 3.63) is 22.4 Å². The molecule has 0 aromatic carbocycles. The molecule has 20 heavy (non-hydrogen) atoms. The molecule has 5 heteroatoms. The molecule has 0 saturated heterocycles. The zero-order valence-electron chi connectivity index (χ0n) is 12.0. The number of hydrogen-bond acceptors (Lipinski definition) is 4. The number of ether oxygens (including phenoxy) is 1. The number of amides is 1. The zero-order chi connectivity index (χ0) is 14.4. The molecule has 1 aromatic heterocycles. The van der Waals surface area contributed by atoms with Gasteiger partial charge in [-0.15, -0.1) is 11.3 Å². The van der Waals surface area contributed by atoms with E-state index in [1.165, 1.54) is 30.6 Å². The quantitative estimate of drug-likeness (QED) is 0.812. The molecule has 1 fully saturated rings. The molecule has 1 amide bonds. The summed E-state index contributed by atoms with van der Waals surface area (Å²) < 4.78 is 4.98. The molecule has 0 radical (unpaired) electrons. The second-order valence-corrected chi connectivity index (χ2v) is 6.41. The van der Waals surface area contributed by atoms with Gasteiger partial charge in [-0.1, -0.05) is 18.9 Å². The van der Waals surface area contributed by atoms with E-state index < -0.39 is 6.04 Å². The molecule has 4 nitrogen and oxygen atoms in total. The smallest absolute Gasteiger partial charge is 0.237 e. The van der Waals surface area contributed by atoms with E-state index in [9.17, 15) is 4.79 Å². The molecular formula is C15H24N2O2S. The fourth-order valence-corrected chi connectivity index (χ4v) is 3.69. The maximum Gasteiger partial charge on any atom is 0.237 e. The average molecular weight is 296 g/mol. The van der Waals surface area contributed by atoms with E-state index in [1.807, 2.05) is 6.07 Å². The van der Waals surface area contributed by atoms with Crippen LogP contribution in [0.5, 0.6) is 0 Å². The minimum Gasteiger partial charge on any atom is -0.385 e. The Bertz CT molecular complexity index is 402. The molecule has 0 aliphatic heterocycles. The molecule has 0 spiro atoms. The fraction of sp³-hybridized carbons (Fsp3) is 0.667. The van der Waals surface area contributed by atoms with Crippen LogP contribution in [-0.4, -0.2) is 25.7 Å². The second-order valence-electron chi connectivity index (χ2n) is 5.43. The average Bonchev–Trinajstić information content (AvgIpc) is 3.14. The van der Waals surface area contributed by atoms with Crippen LogP contribution in [0.3, 0.4) is 0 Å². The standard InChI is InChI=1S/C15H24N2O2S/c1-19-9-8-12(16)15(18)17-14(11-5-2-3-6-11)13-7-4-10-20-13/h4,7,10-12,14H,2-3,5-6,8-9,16H2,1H3,(H,17,18). The fourth-order valence-electron chi connectivity index (χ4n) is 2.82. The molecule has 1 heterocycles. The number of thiophene rings is 1. The van der Waals surface area contributed by atoms with Crippen molar-refractivity contribution in [3.8, 4) is 0 Å². The van der Waals surface area contributed by atoms with Crippen molar-refractivity contribution in [1.29, 1.82) is 0 Å². The molecule has 2 atom stereocenters. The first-order valence-corrected chi connectivity index (χ1v) is 8.18. The van der Waals surface area contributed by atoms with Crippen molar-refractivity contribution in [3.63, 3.8) is 0 Å². The first-order valence-electron chi connectivity index (χ1n) is 7.30. The monoisotopic (exact) mass is 296 g/mol. The minimum atomic E-state index is -0.487. The van der Waals surface area contributed by atoms with Crippen LogP contribution < -0.4 is 11.1 Å². The summed E-state index contributed by atoms with van der Waals surface area (Å²) in [5, 5.41) is 5.22. The van der Waals surface area contributed by atoms with Crippen molar-refractivity contribution in [2.75, 3.05) is 13.7 Å². The van der Waals surface area contributed by atoms with E-state index >= 15 is 0 Å². The highest BCUT2D eigenvalue weighted by atomic mass is 32.1. The lowest BCUT2D eigenvalue weighted by Gasteiger charge is -2.25. The van der Waals surface area contributed by atoms with E-state index in [4.69, 9.17) is 10.5 Å². The molecule has 0 bridgehead atoms. The van der Waals surface area contributed by atoms with E-state index in [0.717, 1.165) is 0 Å². The van der Waals surface area contributed by atoms with Crippen LogP contribution in [0.2, 0.25) is 0 Å². The van der Waals surface area contributed by atoms with Gasteiger partial charge in [-0.2, -0.15) is 0 Å². The van der Waals surface area contributed by atoms with Crippen LogP contribution in [0.1, 0.15) is 43.0 Å². The van der Waals surface area contributed by atoms with E-state index in [1.54, 1.807) is 18.4 Å². The number of nitrogens with two attached hydrogens (primary N) is 1. The number of rotatable bonds is 7. The van der Waals surface area contributed by atoms with Crippen molar-refractivity contribution < 1.29 is 9.53 Å². The third kappa shape index (κ3) is 4.04. The Hall–Kier alpha value is -0.910. The van der Waals surface area contributed by atoms with E-state index in [2.05, 4.69) is 16.8 Å². The number of methoxy groups -OCH3 is 1. The summed E-state index contributed by atoms with van der Waals surface area (Å²) in [6.45, 7) is 0.516. The second kappa shape index (κ2) is 7.76. The van der Waals surface area contributed by atoms with Crippen LogP contribution >= 0.6 is 11.3 Å². The number of hydrogen-bond donors (Lipinski definition) is 2. The third-order valence-electron chi connectivity index (χ3n) is 3.99. The molecule has 3 N–H and O–H groups in total. The largest absolute Gasteiger partial charge is 0.385 e. The molecule has 1 aromatic rings. The van der Waals surface area contributed by atoms with E-state index in [0.29, 0.717) is 18.9 Å². The highest BCUT2D eigenvalue weighted by Gasteiger charge is 2.29. The van der Waals surface area contributed by atoms with Crippen LogP contribution in [-0.2, 0) is 9.53 Å². The maximum atomic E-state index is 12.2. The first kappa shape index (κ1) is 15.5. The lowest BCUT2D eigenvalue weighted by atomic mass is 9.96. The van der Waals surface area contributed by atoms with Crippen molar-refractivity contribution in [1.82, 2.24) is 5.32 Å². The van der Waals surface area contributed by atoms with Gasteiger partial charge in [0.05, 0.1) is 12.1 Å². The zero-order valence-corrected chi connectivity index (χ0v) is 12.8.